The van der Waals surface area contributed by atoms with Crippen molar-refractivity contribution in [2.75, 3.05) is 6.54 Å². The summed E-state index contributed by atoms with van der Waals surface area (Å²) in [5.41, 5.74) is -0.540. The van der Waals surface area contributed by atoms with Gasteiger partial charge in [-0.3, -0.25) is 9.48 Å². The third kappa shape index (κ3) is 3.48. The van der Waals surface area contributed by atoms with Gasteiger partial charge in [0.05, 0.1) is 12.5 Å². The minimum atomic E-state index is -4.45. The molecular formula is C11H16F3N3O. The van der Waals surface area contributed by atoms with Crippen molar-refractivity contribution in [3.63, 3.8) is 0 Å². The Morgan fingerprint density at radius 3 is 2.61 bits per heavy atom. The number of alkyl halides is 3. The fourth-order valence-corrected chi connectivity index (χ4v) is 1.52. The second-order valence-corrected chi connectivity index (χ2v) is 4.15. The van der Waals surface area contributed by atoms with Crippen molar-refractivity contribution in [1.82, 2.24) is 15.1 Å². The molecule has 0 bridgehead atoms. The van der Waals surface area contributed by atoms with Gasteiger partial charge in [-0.25, -0.2) is 0 Å². The number of aryl methyl sites for hydroxylation is 1. The molecule has 1 unspecified atom stereocenters. The minimum Gasteiger partial charge on any atom is -0.356 e. The number of carbonyl (C=O) groups is 1. The van der Waals surface area contributed by atoms with Crippen molar-refractivity contribution in [2.45, 2.75) is 33.5 Å². The number of halogens is 3. The van der Waals surface area contributed by atoms with Crippen LogP contribution in [0, 0.1) is 12.8 Å². The van der Waals surface area contributed by atoms with E-state index in [9.17, 15) is 18.0 Å². The second-order valence-electron chi connectivity index (χ2n) is 4.15. The molecule has 1 aromatic rings. The van der Waals surface area contributed by atoms with Crippen molar-refractivity contribution in [3.8, 4) is 0 Å². The fraction of sp³-hybridized carbons (Fsp3) is 0.636. The van der Waals surface area contributed by atoms with Gasteiger partial charge in [-0.2, -0.15) is 18.3 Å². The van der Waals surface area contributed by atoms with Crippen molar-refractivity contribution >= 4 is 5.91 Å². The van der Waals surface area contributed by atoms with E-state index in [2.05, 4.69) is 10.4 Å². The number of rotatable bonds is 4. The lowest BCUT2D eigenvalue weighted by Crippen LogP contribution is -2.31. The largest absolute Gasteiger partial charge is 0.435 e. The van der Waals surface area contributed by atoms with Crippen molar-refractivity contribution in [2.24, 2.45) is 5.92 Å². The van der Waals surface area contributed by atoms with Gasteiger partial charge < -0.3 is 5.32 Å². The first-order valence-electron chi connectivity index (χ1n) is 5.65. The first kappa shape index (κ1) is 14.5. The topological polar surface area (TPSA) is 46.9 Å². The number of amides is 1. The molecule has 18 heavy (non-hydrogen) atoms. The SMILES string of the molecule is CCNC(=O)C(C)Cn1nc(C(F)(F)F)cc1C. The maximum absolute atomic E-state index is 12.4. The Balaban J connectivity index is 2.79. The van der Waals surface area contributed by atoms with Crippen LogP contribution in [-0.4, -0.2) is 22.2 Å². The molecule has 1 aromatic heterocycles. The maximum atomic E-state index is 12.4. The van der Waals surface area contributed by atoms with Gasteiger partial charge in [-0.05, 0) is 19.9 Å². The highest BCUT2D eigenvalue weighted by atomic mass is 19.4. The number of carbonyl (C=O) groups excluding carboxylic acids is 1. The average Bonchev–Trinajstić information content (AvgIpc) is 2.60. The summed E-state index contributed by atoms with van der Waals surface area (Å²) in [6, 6.07) is 0.977. The highest BCUT2D eigenvalue weighted by Crippen LogP contribution is 2.28. The quantitative estimate of drug-likeness (QED) is 0.903. The van der Waals surface area contributed by atoms with E-state index in [1.165, 1.54) is 11.6 Å². The van der Waals surface area contributed by atoms with Crippen LogP contribution in [0.4, 0.5) is 13.2 Å². The van der Waals surface area contributed by atoms with Crippen LogP contribution in [0.2, 0.25) is 0 Å². The van der Waals surface area contributed by atoms with Crippen LogP contribution in [0.1, 0.15) is 25.2 Å². The smallest absolute Gasteiger partial charge is 0.356 e. The predicted octanol–water partition coefficient (Wildman–Crippen LogP) is 1.98. The highest BCUT2D eigenvalue weighted by Gasteiger charge is 2.34. The Morgan fingerprint density at radius 1 is 1.56 bits per heavy atom. The van der Waals surface area contributed by atoms with Crippen LogP contribution in [0.25, 0.3) is 0 Å². The Kier molecular flexibility index (Phi) is 4.37. The lowest BCUT2D eigenvalue weighted by atomic mass is 10.1. The monoisotopic (exact) mass is 263 g/mol. The molecule has 0 aliphatic heterocycles. The Hall–Kier alpha value is -1.53. The van der Waals surface area contributed by atoms with Crippen LogP contribution in [-0.2, 0) is 17.5 Å². The third-order valence-corrected chi connectivity index (χ3v) is 2.52. The lowest BCUT2D eigenvalue weighted by molar-refractivity contribution is -0.141. The summed E-state index contributed by atoms with van der Waals surface area (Å²) in [4.78, 5) is 11.5. The molecular weight excluding hydrogens is 247 g/mol. The Morgan fingerprint density at radius 2 is 2.17 bits per heavy atom. The minimum absolute atomic E-state index is 0.133. The molecule has 102 valence electrons. The van der Waals surface area contributed by atoms with Crippen LogP contribution < -0.4 is 5.32 Å². The number of nitrogens with zero attached hydrogens (tertiary/aromatic N) is 2. The van der Waals surface area contributed by atoms with E-state index in [1.807, 2.05) is 0 Å². The standard InChI is InChI=1S/C11H16F3N3O/c1-4-15-10(18)7(2)6-17-8(3)5-9(16-17)11(12,13)14/h5,7H,4,6H2,1-3H3,(H,15,18). The van der Waals surface area contributed by atoms with E-state index in [0.717, 1.165) is 6.07 Å². The van der Waals surface area contributed by atoms with Gasteiger partial charge in [0, 0.05) is 12.2 Å². The van der Waals surface area contributed by atoms with Crippen LogP contribution in [0.5, 0.6) is 0 Å². The molecule has 0 spiro atoms. The van der Waals surface area contributed by atoms with Crippen LogP contribution in [0.3, 0.4) is 0 Å². The van der Waals surface area contributed by atoms with Gasteiger partial charge in [-0.1, -0.05) is 6.92 Å². The van der Waals surface area contributed by atoms with Gasteiger partial charge in [0.25, 0.3) is 0 Å². The molecule has 0 saturated heterocycles. The zero-order valence-electron chi connectivity index (χ0n) is 10.5. The van der Waals surface area contributed by atoms with Gasteiger partial charge >= 0.3 is 6.18 Å². The summed E-state index contributed by atoms with van der Waals surface area (Å²) in [7, 11) is 0. The highest BCUT2D eigenvalue weighted by molar-refractivity contribution is 5.78. The molecule has 1 atom stereocenters. The van der Waals surface area contributed by atoms with Gasteiger partial charge in [-0.15, -0.1) is 0 Å². The van der Waals surface area contributed by atoms with Crippen LogP contribution >= 0.6 is 0 Å². The summed E-state index contributed by atoms with van der Waals surface area (Å²) in [6.07, 6.45) is -4.45. The molecule has 1 amide bonds. The van der Waals surface area contributed by atoms with E-state index in [4.69, 9.17) is 0 Å². The Labute approximate surface area is 103 Å². The third-order valence-electron chi connectivity index (χ3n) is 2.52. The number of hydrogen-bond acceptors (Lipinski definition) is 2. The molecule has 0 fully saturated rings. The fourth-order valence-electron chi connectivity index (χ4n) is 1.52. The molecule has 0 aromatic carbocycles. The summed E-state index contributed by atoms with van der Waals surface area (Å²) < 4.78 is 38.5. The van der Waals surface area contributed by atoms with E-state index in [0.29, 0.717) is 12.2 Å². The van der Waals surface area contributed by atoms with Crippen molar-refractivity contribution < 1.29 is 18.0 Å². The van der Waals surface area contributed by atoms with Crippen molar-refractivity contribution in [1.29, 1.82) is 0 Å². The summed E-state index contributed by atoms with van der Waals surface area (Å²) in [5, 5.41) is 6.09. The summed E-state index contributed by atoms with van der Waals surface area (Å²) in [5.74, 6) is -0.620. The molecule has 0 aliphatic rings. The number of hydrogen-bond donors (Lipinski definition) is 1. The average molecular weight is 263 g/mol. The molecule has 0 aliphatic carbocycles. The summed E-state index contributed by atoms with van der Waals surface area (Å²) in [6.45, 7) is 5.60. The molecule has 1 N–H and O–H groups in total. The van der Waals surface area contributed by atoms with E-state index >= 15 is 0 Å². The second kappa shape index (κ2) is 5.41. The molecule has 0 radical (unpaired) electrons. The van der Waals surface area contributed by atoms with Crippen molar-refractivity contribution in [3.05, 3.63) is 17.5 Å². The zero-order valence-corrected chi connectivity index (χ0v) is 10.5. The molecule has 4 nitrogen and oxygen atoms in total. The molecule has 0 saturated carbocycles. The first-order valence-corrected chi connectivity index (χ1v) is 5.65. The summed E-state index contributed by atoms with van der Waals surface area (Å²) >= 11 is 0. The van der Waals surface area contributed by atoms with Gasteiger partial charge in [0.15, 0.2) is 5.69 Å². The van der Waals surface area contributed by atoms with E-state index < -0.39 is 17.8 Å². The molecule has 1 heterocycles. The lowest BCUT2D eigenvalue weighted by Gasteiger charge is -2.12. The first-order chi connectivity index (χ1) is 8.25. The maximum Gasteiger partial charge on any atom is 0.435 e. The molecule has 7 heteroatoms. The zero-order chi connectivity index (χ0) is 13.9. The predicted molar refractivity (Wildman–Crippen MR) is 59.8 cm³/mol. The van der Waals surface area contributed by atoms with Gasteiger partial charge in [0.2, 0.25) is 5.91 Å². The number of nitrogens with one attached hydrogen (secondary N) is 1. The van der Waals surface area contributed by atoms with E-state index in [-0.39, 0.29) is 12.5 Å². The normalized spacial score (nSPS) is 13.4. The van der Waals surface area contributed by atoms with Gasteiger partial charge in [0.1, 0.15) is 0 Å². The molecule has 1 rings (SSSR count). The number of aromatic nitrogens is 2. The van der Waals surface area contributed by atoms with E-state index in [1.54, 1.807) is 13.8 Å². The van der Waals surface area contributed by atoms with Crippen LogP contribution in [0.15, 0.2) is 6.07 Å². The Bertz CT molecular complexity index is 426.